The van der Waals surface area contributed by atoms with Gasteiger partial charge in [0.1, 0.15) is 17.2 Å². The number of nitrogens with one attached hydrogen (secondary N) is 3. The third-order valence-electron chi connectivity index (χ3n) is 5.84. The number of rotatable bonds is 4. The number of amides is 1. The van der Waals surface area contributed by atoms with Gasteiger partial charge in [0.25, 0.3) is 5.91 Å². The molecule has 1 unspecified atom stereocenters. The van der Waals surface area contributed by atoms with Crippen molar-refractivity contribution in [3.05, 3.63) is 36.3 Å². The predicted molar refractivity (Wildman–Crippen MR) is 116 cm³/mol. The first-order chi connectivity index (χ1) is 14.6. The van der Waals surface area contributed by atoms with Gasteiger partial charge in [0.15, 0.2) is 0 Å². The molecule has 156 valence electrons. The molecule has 3 aromatic heterocycles. The second-order valence-electron chi connectivity index (χ2n) is 8.20. The molecule has 1 saturated heterocycles. The number of hydrogen-bond donors (Lipinski definition) is 3. The largest absolute Gasteiger partial charge is 0.368 e. The minimum atomic E-state index is -0.0578. The van der Waals surface area contributed by atoms with E-state index in [1.807, 2.05) is 22.9 Å². The molecular weight excluding hydrogens is 380 g/mol. The molecule has 1 atom stereocenters. The van der Waals surface area contributed by atoms with E-state index in [4.69, 9.17) is 0 Å². The van der Waals surface area contributed by atoms with Gasteiger partial charge in [-0.2, -0.15) is 4.98 Å². The predicted octanol–water partition coefficient (Wildman–Crippen LogP) is 1.75. The van der Waals surface area contributed by atoms with Crippen LogP contribution in [0.5, 0.6) is 0 Å². The van der Waals surface area contributed by atoms with Crippen molar-refractivity contribution in [3.63, 3.8) is 0 Å². The van der Waals surface area contributed by atoms with Crippen molar-refractivity contribution < 1.29 is 4.79 Å². The van der Waals surface area contributed by atoms with Crippen LogP contribution in [0.1, 0.15) is 24.3 Å². The summed E-state index contributed by atoms with van der Waals surface area (Å²) < 4.78 is 1.99. The van der Waals surface area contributed by atoms with Gasteiger partial charge in [-0.05, 0) is 24.1 Å². The lowest BCUT2D eigenvalue weighted by molar-refractivity contribution is 0.0885. The molecule has 3 N–H and O–H groups in total. The second kappa shape index (κ2) is 7.56. The van der Waals surface area contributed by atoms with Gasteiger partial charge >= 0.3 is 0 Å². The molecule has 30 heavy (non-hydrogen) atoms. The van der Waals surface area contributed by atoms with Crippen LogP contribution in [0.2, 0.25) is 0 Å². The third-order valence-corrected chi connectivity index (χ3v) is 5.84. The molecule has 0 aliphatic carbocycles. The molecule has 5 heterocycles. The Balaban J connectivity index is 1.39. The van der Waals surface area contributed by atoms with Gasteiger partial charge in [-0.3, -0.25) is 4.79 Å². The van der Waals surface area contributed by atoms with Crippen molar-refractivity contribution in [1.29, 1.82) is 0 Å². The Bertz CT molecular complexity index is 1070. The minimum absolute atomic E-state index is 0.0578. The highest BCUT2D eigenvalue weighted by molar-refractivity contribution is 5.98. The molecule has 0 saturated carbocycles. The molecule has 2 aliphatic heterocycles. The molecule has 3 aromatic rings. The number of carbonyl (C=O) groups is 1. The summed E-state index contributed by atoms with van der Waals surface area (Å²) in [5.41, 5.74) is 2.51. The fraction of sp³-hybridized carbons (Fsp3) is 0.429. The number of pyridine rings is 1. The highest BCUT2D eigenvalue weighted by Gasteiger charge is 2.28. The summed E-state index contributed by atoms with van der Waals surface area (Å²) >= 11 is 0. The van der Waals surface area contributed by atoms with Crippen LogP contribution in [-0.2, 0) is 6.54 Å². The molecule has 0 aromatic carbocycles. The van der Waals surface area contributed by atoms with Crippen molar-refractivity contribution in [3.8, 4) is 0 Å². The Morgan fingerprint density at radius 3 is 2.73 bits per heavy atom. The molecule has 5 rings (SSSR count). The van der Waals surface area contributed by atoms with Gasteiger partial charge < -0.3 is 25.4 Å². The highest BCUT2D eigenvalue weighted by atomic mass is 16.2. The van der Waals surface area contributed by atoms with E-state index in [0.29, 0.717) is 29.9 Å². The van der Waals surface area contributed by atoms with Crippen LogP contribution < -0.4 is 20.9 Å². The van der Waals surface area contributed by atoms with Gasteiger partial charge in [0.05, 0.1) is 11.9 Å². The van der Waals surface area contributed by atoms with Crippen LogP contribution in [0.15, 0.2) is 30.6 Å². The topological polar surface area (TPSA) is 100 Å². The Labute approximate surface area is 174 Å². The number of fused-ring (bicyclic) bond motifs is 3. The molecule has 0 radical (unpaired) electrons. The Kier molecular flexibility index (Phi) is 4.74. The van der Waals surface area contributed by atoms with E-state index in [1.165, 1.54) is 0 Å². The van der Waals surface area contributed by atoms with Crippen molar-refractivity contribution in [2.24, 2.45) is 5.92 Å². The van der Waals surface area contributed by atoms with Gasteiger partial charge in [0, 0.05) is 50.3 Å². The van der Waals surface area contributed by atoms with E-state index in [2.05, 4.69) is 55.7 Å². The number of hydrogen-bond acceptors (Lipinski definition) is 7. The van der Waals surface area contributed by atoms with Gasteiger partial charge in [-0.25, -0.2) is 9.97 Å². The quantitative estimate of drug-likeness (QED) is 0.607. The first-order valence-corrected chi connectivity index (χ1v) is 10.4. The van der Waals surface area contributed by atoms with Gasteiger partial charge in [-0.15, -0.1) is 0 Å². The lowest BCUT2D eigenvalue weighted by Crippen LogP contribution is -2.46. The Hall–Kier alpha value is -3.20. The zero-order valence-electron chi connectivity index (χ0n) is 17.2. The van der Waals surface area contributed by atoms with Crippen LogP contribution in [0.25, 0.3) is 11.0 Å². The molecule has 9 heteroatoms. The third kappa shape index (κ3) is 3.45. The maximum absolute atomic E-state index is 12.5. The van der Waals surface area contributed by atoms with Crippen molar-refractivity contribution in [1.82, 2.24) is 30.2 Å². The van der Waals surface area contributed by atoms with E-state index < -0.39 is 0 Å². The fourth-order valence-electron chi connectivity index (χ4n) is 4.02. The smallest absolute Gasteiger partial charge is 0.268 e. The van der Waals surface area contributed by atoms with Crippen LogP contribution in [0.4, 0.5) is 17.5 Å². The van der Waals surface area contributed by atoms with Gasteiger partial charge in [0.2, 0.25) is 5.95 Å². The molecule has 0 bridgehead atoms. The molecule has 9 nitrogen and oxygen atoms in total. The van der Waals surface area contributed by atoms with E-state index in [0.717, 1.165) is 42.9 Å². The van der Waals surface area contributed by atoms with Crippen LogP contribution >= 0.6 is 0 Å². The Morgan fingerprint density at radius 1 is 1.17 bits per heavy atom. The molecule has 1 fully saturated rings. The minimum Gasteiger partial charge on any atom is -0.368 e. The number of anilines is 3. The van der Waals surface area contributed by atoms with Crippen molar-refractivity contribution >= 4 is 34.4 Å². The monoisotopic (exact) mass is 406 g/mol. The lowest BCUT2D eigenvalue weighted by Gasteiger charge is -2.29. The van der Waals surface area contributed by atoms with Crippen LogP contribution in [0.3, 0.4) is 0 Å². The van der Waals surface area contributed by atoms with Crippen molar-refractivity contribution in [2.75, 3.05) is 36.4 Å². The zero-order chi connectivity index (χ0) is 20.7. The molecule has 2 aliphatic rings. The molecule has 0 spiro atoms. The maximum atomic E-state index is 12.5. The lowest BCUT2D eigenvalue weighted by atomic mass is 10.0. The first kappa shape index (κ1) is 18.8. The summed E-state index contributed by atoms with van der Waals surface area (Å²) in [7, 11) is 0. The number of aromatic nitrogens is 4. The Morgan fingerprint density at radius 2 is 2.00 bits per heavy atom. The maximum Gasteiger partial charge on any atom is 0.268 e. The van der Waals surface area contributed by atoms with E-state index >= 15 is 0 Å². The number of carbonyl (C=O) groups excluding carboxylic acids is 1. The van der Waals surface area contributed by atoms with Crippen molar-refractivity contribution in [2.45, 2.75) is 26.4 Å². The normalized spacial score (nSPS) is 19.1. The average Bonchev–Trinajstić information content (AvgIpc) is 3.14. The van der Waals surface area contributed by atoms with Gasteiger partial charge in [-0.1, -0.05) is 13.8 Å². The summed E-state index contributed by atoms with van der Waals surface area (Å²) in [5, 5.41) is 10.5. The first-order valence-electron chi connectivity index (χ1n) is 10.4. The zero-order valence-corrected chi connectivity index (χ0v) is 17.2. The summed E-state index contributed by atoms with van der Waals surface area (Å²) in [5.74, 6) is 1.45. The van der Waals surface area contributed by atoms with Crippen LogP contribution in [-0.4, -0.2) is 57.6 Å². The summed E-state index contributed by atoms with van der Waals surface area (Å²) in [6.07, 6.45) is 3.63. The fourth-order valence-corrected chi connectivity index (χ4v) is 4.02. The van der Waals surface area contributed by atoms with Crippen LogP contribution in [0, 0.1) is 5.92 Å². The SMILES string of the molecule is CC(C)C1Cn2c(cc3cnc(Nc4ccc(N5CCNCC5)cn4)nc32)C(=O)N1. The van der Waals surface area contributed by atoms with E-state index in [-0.39, 0.29) is 11.9 Å². The molecular formula is C21H26N8O. The summed E-state index contributed by atoms with van der Waals surface area (Å²) in [6.45, 7) is 8.88. The number of nitrogens with zero attached hydrogens (tertiary/aromatic N) is 5. The summed E-state index contributed by atoms with van der Waals surface area (Å²) in [6, 6.07) is 5.95. The standard InChI is InChI=1S/C21H26N8O/c1-13(2)16-12-29-17(20(30)25-16)9-14-10-24-21(27-19(14)29)26-18-4-3-15(11-23-18)28-7-5-22-6-8-28/h3-4,9-11,13,16,22H,5-8,12H2,1-2H3,(H,25,30)(H,23,24,26,27). The highest BCUT2D eigenvalue weighted by Crippen LogP contribution is 2.25. The number of piperazine rings is 1. The average molecular weight is 406 g/mol. The summed E-state index contributed by atoms with van der Waals surface area (Å²) in [4.78, 5) is 28.4. The van der Waals surface area contributed by atoms with E-state index in [1.54, 1.807) is 6.20 Å². The second-order valence-corrected chi connectivity index (χ2v) is 8.20. The van der Waals surface area contributed by atoms with E-state index in [9.17, 15) is 4.79 Å². The molecule has 1 amide bonds.